The number of aromatic nitrogens is 1. The zero-order chi connectivity index (χ0) is 14.0. The van der Waals surface area contributed by atoms with Crippen LogP contribution in [-0.2, 0) is 0 Å². The maximum Gasteiger partial charge on any atom is 0.258 e. The molecule has 5 heteroatoms. The Hall–Kier alpha value is -1.75. The number of nitrogens with one attached hydrogen (secondary N) is 1. The molecule has 0 saturated carbocycles. The lowest BCUT2D eigenvalue weighted by atomic mass is 10.2. The van der Waals surface area contributed by atoms with Gasteiger partial charge in [0.25, 0.3) is 5.91 Å². The number of benzene rings is 1. The molecular weight excluding hydrogens is 311 g/mol. The van der Waals surface area contributed by atoms with Crippen LogP contribution in [0.5, 0.6) is 0 Å². The van der Waals surface area contributed by atoms with E-state index in [4.69, 9.17) is 0 Å². The summed E-state index contributed by atoms with van der Waals surface area (Å²) in [4.78, 5) is 16.2. The van der Waals surface area contributed by atoms with Crippen molar-refractivity contribution in [1.82, 2.24) is 4.98 Å². The second-order valence-electron chi connectivity index (χ2n) is 4.16. The number of pyridine rings is 1. The maximum atomic E-state index is 13.7. The van der Waals surface area contributed by atoms with Gasteiger partial charge in [-0.1, -0.05) is 15.9 Å². The predicted octanol–water partition coefficient (Wildman–Crippen LogP) is 3.85. The zero-order valence-corrected chi connectivity index (χ0v) is 12.1. The first-order valence-electron chi connectivity index (χ1n) is 5.68. The third-order valence-electron chi connectivity index (χ3n) is 2.65. The highest BCUT2D eigenvalue weighted by Gasteiger charge is 2.13. The third-order valence-corrected chi connectivity index (χ3v) is 3.14. The van der Waals surface area contributed by atoms with Crippen molar-refractivity contribution in [2.75, 3.05) is 5.32 Å². The number of rotatable bonds is 2. The Morgan fingerprint density at radius 3 is 2.63 bits per heavy atom. The summed E-state index contributed by atoms with van der Waals surface area (Å²) in [6.07, 6.45) is 0. The van der Waals surface area contributed by atoms with Crippen LogP contribution in [0, 0.1) is 19.7 Å². The van der Waals surface area contributed by atoms with E-state index >= 15 is 0 Å². The number of hydrogen-bond acceptors (Lipinski definition) is 2. The van der Waals surface area contributed by atoms with Crippen LogP contribution in [0.1, 0.15) is 21.7 Å². The molecule has 0 aliphatic heterocycles. The molecule has 0 fully saturated rings. The molecule has 19 heavy (non-hydrogen) atoms. The number of aryl methyl sites for hydroxylation is 2. The van der Waals surface area contributed by atoms with Gasteiger partial charge in [-0.15, -0.1) is 0 Å². The molecule has 0 aliphatic rings. The van der Waals surface area contributed by atoms with Crippen molar-refractivity contribution in [2.45, 2.75) is 13.8 Å². The summed E-state index contributed by atoms with van der Waals surface area (Å²) >= 11 is 3.15. The van der Waals surface area contributed by atoms with E-state index in [9.17, 15) is 9.18 Å². The van der Waals surface area contributed by atoms with E-state index in [2.05, 4.69) is 26.2 Å². The third kappa shape index (κ3) is 3.17. The molecule has 1 amide bonds. The lowest BCUT2D eigenvalue weighted by molar-refractivity contribution is 0.102. The van der Waals surface area contributed by atoms with E-state index in [1.165, 1.54) is 12.1 Å². The number of carbonyl (C=O) groups is 1. The van der Waals surface area contributed by atoms with Crippen molar-refractivity contribution in [3.8, 4) is 0 Å². The highest BCUT2D eigenvalue weighted by atomic mass is 79.9. The van der Waals surface area contributed by atoms with Crippen LogP contribution in [0.3, 0.4) is 0 Å². The first-order valence-corrected chi connectivity index (χ1v) is 6.47. The fourth-order valence-electron chi connectivity index (χ4n) is 1.68. The van der Waals surface area contributed by atoms with E-state index in [0.717, 1.165) is 5.69 Å². The summed E-state index contributed by atoms with van der Waals surface area (Å²) in [6.45, 7) is 3.66. The van der Waals surface area contributed by atoms with Gasteiger partial charge in [0.05, 0.1) is 16.9 Å². The van der Waals surface area contributed by atoms with Crippen molar-refractivity contribution in [2.24, 2.45) is 0 Å². The first kappa shape index (κ1) is 13.7. The topological polar surface area (TPSA) is 42.0 Å². The van der Waals surface area contributed by atoms with Crippen molar-refractivity contribution in [3.05, 3.63) is 57.6 Å². The number of carbonyl (C=O) groups excluding carboxylic acids is 1. The second-order valence-corrected chi connectivity index (χ2v) is 5.08. The average molecular weight is 323 g/mol. The van der Waals surface area contributed by atoms with Gasteiger partial charge in [0, 0.05) is 10.2 Å². The molecule has 98 valence electrons. The summed E-state index contributed by atoms with van der Waals surface area (Å²) in [5, 5.41) is 2.66. The van der Waals surface area contributed by atoms with Gasteiger partial charge in [0.1, 0.15) is 5.82 Å². The van der Waals surface area contributed by atoms with E-state index < -0.39 is 11.7 Å². The summed E-state index contributed by atoms with van der Waals surface area (Å²) in [5.41, 5.74) is 2.15. The minimum atomic E-state index is -0.565. The van der Waals surface area contributed by atoms with Crippen molar-refractivity contribution >= 4 is 27.5 Å². The number of halogens is 2. The molecule has 0 radical (unpaired) electrons. The van der Waals surface area contributed by atoms with Crippen LogP contribution in [-0.4, -0.2) is 10.9 Å². The first-order chi connectivity index (χ1) is 8.97. The highest BCUT2D eigenvalue weighted by molar-refractivity contribution is 9.10. The fourth-order valence-corrected chi connectivity index (χ4v) is 2.02. The Morgan fingerprint density at radius 1 is 1.26 bits per heavy atom. The number of hydrogen-bond donors (Lipinski definition) is 1. The Morgan fingerprint density at radius 2 is 2.00 bits per heavy atom. The normalized spacial score (nSPS) is 10.3. The van der Waals surface area contributed by atoms with Gasteiger partial charge >= 0.3 is 0 Å². The lowest BCUT2D eigenvalue weighted by Gasteiger charge is -2.09. The SMILES string of the molecule is Cc1ccc(NC(=O)c2ccc(Br)cc2F)c(C)n1. The molecule has 0 unspecified atom stereocenters. The molecule has 1 N–H and O–H groups in total. The Bertz CT molecular complexity index is 643. The molecule has 3 nitrogen and oxygen atoms in total. The van der Waals surface area contributed by atoms with Crippen LogP contribution in [0.25, 0.3) is 0 Å². The molecule has 2 rings (SSSR count). The van der Waals surface area contributed by atoms with Gasteiger partial charge in [-0.05, 0) is 44.2 Å². The van der Waals surface area contributed by atoms with E-state index in [1.807, 2.05) is 6.92 Å². The zero-order valence-electron chi connectivity index (χ0n) is 10.5. The molecule has 0 aliphatic carbocycles. The largest absolute Gasteiger partial charge is 0.320 e. The standard InChI is InChI=1S/C14H12BrFN2O/c1-8-3-6-13(9(2)17-8)18-14(19)11-5-4-10(15)7-12(11)16/h3-7H,1-2H3,(H,18,19). The quantitative estimate of drug-likeness (QED) is 0.912. The molecule has 1 aromatic heterocycles. The Balaban J connectivity index is 2.25. The van der Waals surface area contributed by atoms with Crippen LogP contribution < -0.4 is 5.32 Å². The highest BCUT2D eigenvalue weighted by Crippen LogP contribution is 2.18. The number of amides is 1. The minimum Gasteiger partial charge on any atom is -0.320 e. The predicted molar refractivity (Wildman–Crippen MR) is 75.8 cm³/mol. The summed E-state index contributed by atoms with van der Waals surface area (Å²) in [7, 11) is 0. The van der Waals surface area contributed by atoms with Gasteiger partial charge in [-0.2, -0.15) is 0 Å². The molecule has 2 aromatic rings. The van der Waals surface area contributed by atoms with Gasteiger partial charge < -0.3 is 5.32 Å². The smallest absolute Gasteiger partial charge is 0.258 e. The van der Waals surface area contributed by atoms with Gasteiger partial charge in [-0.3, -0.25) is 9.78 Å². The number of nitrogens with zero attached hydrogens (tertiary/aromatic N) is 1. The molecular formula is C14H12BrFN2O. The van der Waals surface area contributed by atoms with Crippen molar-refractivity contribution in [3.63, 3.8) is 0 Å². The minimum absolute atomic E-state index is 0.00294. The molecule has 1 heterocycles. The lowest BCUT2D eigenvalue weighted by Crippen LogP contribution is -2.15. The van der Waals surface area contributed by atoms with E-state index in [0.29, 0.717) is 15.9 Å². The van der Waals surface area contributed by atoms with Gasteiger partial charge in [0.2, 0.25) is 0 Å². The number of anilines is 1. The van der Waals surface area contributed by atoms with Crippen LogP contribution in [0.15, 0.2) is 34.8 Å². The van der Waals surface area contributed by atoms with E-state index in [1.54, 1.807) is 25.1 Å². The molecule has 0 bridgehead atoms. The van der Waals surface area contributed by atoms with Crippen molar-refractivity contribution in [1.29, 1.82) is 0 Å². The van der Waals surface area contributed by atoms with Crippen molar-refractivity contribution < 1.29 is 9.18 Å². The molecule has 0 saturated heterocycles. The van der Waals surface area contributed by atoms with E-state index in [-0.39, 0.29) is 5.56 Å². The fraction of sp³-hybridized carbons (Fsp3) is 0.143. The average Bonchev–Trinajstić information content (AvgIpc) is 2.32. The monoisotopic (exact) mass is 322 g/mol. The van der Waals surface area contributed by atoms with Crippen LogP contribution >= 0.6 is 15.9 Å². The molecule has 0 atom stereocenters. The summed E-state index contributed by atoms with van der Waals surface area (Å²) in [5.74, 6) is -1.05. The summed E-state index contributed by atoms with van der Waals surface area (Å²) < 4.78 is 14.3. The molecule has 0 spiro atoms. The van der Waals surface area contributed by atoms with Gasteiger partial charge in [0.15, 0.2) is 0 Å². The van der Waals surface area contributed by atoms with Crippen LogP contribution in [0.2, 0.25) is 0 Å². The summed E-state index contributed by atoms with van der Waals surface area (Å²) in [6, 6.07) is 7.87. The maximum absolute atomic E-state index is 13.7. The molecule has 1 aromatic carbocycles. The Labute approximate surface area is 119 Å². The van der Waals surface area contributed by atoms with Gasteiger partial charge in [-0.25, -0.2) is 4.39 Å². The van der Waals surface area contributed by atoms with Crippen LogP contribution in [0.4, 0.5) is 10.1 Å². The second kappa shape index (κ2) is 5.48. The Kier molecular flexibility index (Phi) is 3.95.